The van der Waals surface area contributed by atoms with Crippen LogP contribution in [0.2, 0.25) is 0 Å². The largest absolute Gasteiger partial charge is 0.308 e. The fraction of sp³-hybridized carbons (Fsp3) is 0.194. The number of hydrogen-bond donors (Lipinski definition) is 0. The minimum atomic E-state index is -4.09. The molecular weight excluding hydrogens is 508 g/mol. The third-order valence-electron chi connectivity index (χ3n) is 6.86. The van der Waals surface area contributed by atoms with Crippen LogP contribution < -0.4 is 0 Å². The van der Waals surface area contributed by atoms with E-state index in [2.05, 4.69) is 18.4 Å². The number of aryl methyl sites for hydroxylation is 3. The van der Waals surface area contributed by atoms with Crippen LogP contribution in [0.4, 0.5) is 0 Å². The molecule has 0 N–H and O–H groups in total. The van der Waals surface area contributed by atoms with Crippen molar-refractivity contribution in [1.82, 2.24) is 18.8 Å². The average molecular weight is 539 g/mol. The zero-order chi connectivity index (χ0) is 27.7. The van der Waals surface area contributed by atoms with Crippen molar-refractivity contribution in [3.63, 3.8) is 0 Å². The van der Waals surface area contributed by atoms with E-state index in [0.29, 0.717) is 17.7 Å². The van der Waals surface area contributed by atoms with Crippen molar-refractivity contribution in [1.29, 1.82) is 0 Å². The summed E-state index contributed by atoms with van der Waals surface area (Å²) in [6, 6.07) is 25.0. The second kappa shape index (κ2) is 10.5. The molecular formula is C31H30N4O3S. The maximum atomic E-state index is 13.6. The first kappa shape index (κ1) is 26.3. The van der Waals surface area contributed by atoms with Gasteiger partial charge < -0.3 is 4.57 Å². The van der Waals surface area contributed by atoms with Crippen molar-refractivity contribution in [2.45, 2.75) is 38.6 Å². The molecule has 0 aliphatic rings. The molecule has 39 heavy (non-hydrogen) atoms. The number of amides is 1. The molecule has 3 aromatic carbocycles. The van der Waals surface area contributed by atoms with Crippen LogP contribution in [0, 0.1) is 13.8 Å². The van der Waals surface area contributed by atoms with Crippen molar-refractivity contribution in [2.24, 2.45) is 0 Å². The van der Waals surface area contributed by atoms with E-state index in [4.69, 9.17) is 9.97 Å². The Morgan fingerprint density at radius 1 is 0.897 bits per heavy atom. The second-order valence-corrected chi connectivity index (χ2v) is 11.5. The molecule has 5 rings (SSSR count). The van der Waals surface area contributed by atoms with Gasteiger partial charge in [0.1, 0.15) is 11.3 Å². The van der Waals surface area contributed by atoms with Gasteiger partial charge in [-0.3, -0.25) is 4.79 Å². The highest BCUT2D eigenvalue weighted by Gasteiger charge is 2.29. The molecule has 0 atom stereocenters. The lowest BCUT2D eigenvalue weighted by Gasteiger charge is -2.20. The SMILES string of the molecule is CCc1nc2c(C)cc(C)nc2n1Cc1ccc(-c2ccccc2S(=O)(=O)N(C)C(=O)c2ccccc2)cc1. The van der Waals surface area contributed by atoms with Gasteiger partial charge in [-0.05, 0) is 54.8 Å². The highest BCUT2D eigenvalue weighted by molar-refractivity contribution is 7.89. The van der Waals surface area contributed by atoms with Gasteiger partial charge in [0.15, 0.2) is 5.65 Å². The fourth-order valence-electron chi connectivity index (χ4n) is 4.81. The summed E-state index contributed by atoms with van der Waals surface area (Å²) >= 11 is 0. The summed E-state index contributed by atoms with van der Waals surface area (Å²) in [7, 11) is -2.80. The molecule has 0 spiro atoms. The number of nitrogens with zero attached hydrogens (tertiary/aromatic N) is 4. The van der Waals surface area contributed by atoms with Gasteiger partial charge in [-0.25, -0.2) is 22.7 Å². The van der Waals surface area contributed by atoms with Gasteiger partial charge in [-0.1, -0.05) is 67.6 Å². The summed E-state index contributed by atoms with van der Waals surface area (Å²) < 4.78 is 30.1. The van der Waals surface area contributed by atoms with Crippen LogP contribution in [0.1, 0.15) is 39.9 Å². The molecule has 0 unspecified atom stereocenters. The third kappa shape index (κ3) is 4.95. The molecule has 0 saturated carbocycles. The van der Waals surface area contributed by atoms with Crippen LogP contribution in [-0.4, -0.2) is 40.2 Å². The molecule has 198 valence electrons. The standard InChI is InChI=1S/C31H30N4O3S/c1-5-28-33-29-21(2)19-22(3)32-30(29)35(28)20-23-15-17-24(18-16-23)26-13-9-10-14-27(26)39(37,38)34(4)31(36)25-11-7-6-8-12-25/h6-19H,5,20H2,1-4H3. The van der Waals surface area contributed by atoms with E-state index in [9.17, 15) is 13.2 Å². The van der Waals surface area contributed by atoms with E-state index in [1.54, 1.807) is 48.5 Å². The summed E-state index contributed by atoms with van der Waals surface area (Å²) in [5.74, 6) is 0.386. The first-order chi connectivity index (χ1) is 18.7. The summed E-state index contributed by atoms with van der Waals surface area (Å²) in [6.07, 6.45) is 0.785. The molecule has 5 aromatic rings. The molecule has 0 radical (unpaired) electrons. The van der Waals surface area contributed by atoms with E-state index in [-0.39, 0.29) is 4.90 Å². The van der Waals surface area contributed by atoms with Gasteiger partial charge in [0.2, 0.25) is 0 Å². The summed E-state index contributed by atoms with van der Waals surface area (Å²) in [4.78, 5) is 22.6. The summed E-state index contributed by atoms with van der Waals surface area (Å²) in [5, 5.41) is 0. The topological polar surface area (TPSA) is 85.2 Å². The second-order valence-electron chi connectivity index (χ2n) is 9.56. The van der Waals surface area contributed by atoms with Gasteiger partial charge in [-0.15, -0.1) is 0 Å². The van der Waals surface area contributed by atoms with Crippen molar-refractivity contribution in [3.8, 4) is 11.1 Å². The number of benzene rings is 3. The number of imidazole rings is 1. The van der Waals surface area contributed by atoms with E-state index in [1.807, 2.05) is 37.3 Å². The zero-order valence-corrected chi connectivity index (χ0v) is 23.2. The number of carbonyl (C=O) groups is 1. The highest BCUT2D eigenvalue weighted by Crippen LogP contribution is 2.30. The Hall–Kier alpha value is -4.30. The van der Waals surface area contributed by atoms with Crippen LogP contribution >= 0.6 is 0 Å². The van der Waals surface area contributed by atoms with Gasteiger partial charge >= 0.3 is 0 Å². The number of rotatable bonds is 7. The van der Waals surface area contributed by atoms with Crippen LogP contribution in [0.25, 0.3) is 22.3 Å². The van der Waals surface area contributed by atoms with Crippen LogP contribution in [-0.2, 0) is 23.0 Å². The van der Waals surface area contributed by atoms with E-state index < -0.39 is 15.9 Å². The number of hydrogen-bond acceptors (Lipinski definition) is 5. The molecule has 8 heteroatoms. The third-order valence-corrected chi connectivity index (χ3v) is 8.65. The highest BCUT2D eigenvalue weighted by atomic mass is 32.2. The molecule has 0 aliphatic heterocycles. The van der Waals surface area contributed by atoms with Crippen molar-refractivity contribution in [2.75, 3.05) is 7.05 Å². The van der Waals surface area contributed by atoms with E-state index in [0.717, 1.165) is 50.1 Å². The monoisotopic (exact) mass is 538 g/mol. The normalized spacial score (nSPS) is 11.6. The number of sulfonamides is 1. The van der Waals surface area contributed by atoms with Crippen molar-refractivity contribution < 1.29 is 13.2 Å². The maximum absolute atomic E-state index is 13.6. The van der Waals surface area contributed by atoms with Gasteiger partial charge in [0.25, 0.3) is 15.9 Å². The first-order valence-corrected chi connectivity index (χ1v) is 14.2. The predicted molar refractivity (Wildman–Crippen MR) is 153 cm³/mol. The minimum Gasteiger partial charge on any atom is -0.308 e. The van der Waals surface area contributed by atoms with Gasteiger partial charge in [0.05, 0.1) is 11.4 Å². The van der Waals surface area contributed by atoms with Crippen molar-refractivity contribution in [3.05, 3.63) is 113 Å². The Kier molecular flexibility index (Phi) is 7.06. The lowest BCUT2D eigenvalue weighted by molar-refractivity contribution is 0.0883. The Morgan fingerprint density at radius 2 is 1.56 bits per heavy atom. The van der Waals surface area contributed by atoms with Gasteiger partial charge in [0, 0.05) is 30.3 Å². The lowest BCUT2D eigenvalue weighted by Crippen LogP contribution is -2.33. The average Bonchev–Trinajstić information content (AvgIpc) is 3.30. The molecule has 0 bridgehead atoms. The Balaban J connectivity index is 1.47. The molecule has 1 amide bonds. The Morgan fingerprint density at radius 3 is 2.26 bits per heavy atom. The van der Waals surface area contributed by atoms with Crippen LogP contribution in [0.3, 0.4) is 0 Å². The smallest absolute Gasteiger partial charge is 0.267 e. The minimum absolute atomic E-state index is 0.0774. The van der Waals surface area contributed by atoms with E-state index in [1.165, 1.54) is 13.1 Å². The van der Waals surface area contributed by atoms with Crippen molar-refractivity contribution >= 4 is 27.1 Å². The molecule has 2 aromatic heterocycles. The van der Waals surface area contributed by atoms with Crippen LogP contribution in [0.15, 0.2) is 89.8 Å². The molecule has 0 saturated heterocycles. The molecule has 2 heterocycles. The Bertz CT molecular complexity index is 1780. The zero-order valence-electron chi connectivity index (χ0n) is 22.4. The summed E-state index contributed by atoms with van der Waals surface area (Å²) in [6.45, 7) is 6.73. The first-order valence-electron chi connectivity index (χ1n) is 12.8. The maximum Gasteiger partial charge on any atom is 0.267 e. The molecule has 7 nitrogen and oxygen atoms in total. The lowest BCUT2D eigenvalue weighted by atomic mass is 10.0. The fourth-order valence-corrected chi connectivity index (χ4v) is 6.14. The van der Waals surface area contributed by atoms with E-state index >= 15 is 0 Å². The van der Waals surface area contributed by atoms with Crippen LogP contribution in [0.5, 0.6) is 0 Å². The number of aromatic nitrogens is 3. The molecule has 0 aliphatic carbocycles. The molecule has 0 fully saturated rings. The number of pyridine rings is 1. The number of carbonyl (C=O) groups excluding carboxylic acids is 1. The quantitative estimate of drug-likeness (QED) is 0.262. The predicted octanol–water partition coefficient (Wildman–Crippen LogP) is 5.79. The Labute approximate surface area is 228 Å². The summed E-state index contributed by atoms with van der Waals surface area (Å²) in [5.41, 5.74) is 6.48. The van der Waals surface area contributed by atoms with Gasteiger partial charge in [-0.2, -0.15) is 0 Å². The number of fused-ring (bicyclic) bond motifs is 1.